The second-order valence-corrected chi connectivity index (χ2v) is 6.05. The normalized spacial score (nSPS) is 12.3. The summed E-state index contributed by atoms with van der Waals surface area (Å²) in [6, 6.07) is 4.95. The Labute approximate surface area is 115 Å². The van der Waals surface area contributed by atoms with E-state index < -0.39 is 11.4 Å². The fourth-order valence-corrected chi connectivity index (χ4v) is 2.68. The smallest absolute Gasteiger partial charge is 0.171 e. The van der Waals surface area contributed by atoms with Crippen LogP contribution in [0, 0.1) is 17.7 Å². The van der Waals surface area contributed by atoms with E-state index in [9.17, 15) is 9.50 Å². The first-order chi connectivity index (χ1) is 8.80. The largest absolute Gasteiger partial charge is 0.494 e. The van der Waals surface area contributed by atoms with Crippen LogP contribution in [0.5, 0.6) is 5.75 Å². The zero-order valence-electron chi connectivity index (χ0n) is 12.5. The summed E-state index contributed by atoms with van der Waals surface area (Å²) in [5.74, 6) is 0.306. The summed E-state index contributed by atoms with van der Waals surface area (Å²) in [7, 11) is 1.44. The lowest BCUT2D eigenvalue weighted by molar-refractivity contribution is -0.00788. The van der Waals surface area contributed by atoms with Gasteiger partial charge < -0.3 is 9.84 Å². The fourth-order valence-electron chi connectivity index (χ4n) is 2.68. The molecule has 0 saturated heterocycles. The third-order valence-electron chi connectivity index (χ3n) is 3.18. The molecule has 0 radical (unpaired) electrons. The van der Waals surface area contributed by atoms with Crippen molar-refractivity contribution in [2.75, 3.05) is 7.11 Å². The molecular formula is C16H25FO2. The van der Waals surface area contributed by atoms with Gasteiger partial charge in [-0.3, -0.25) is 0 Å². The molecule has 0 saturated carbocycles. The van der Waals surface area contributed by atoms with E-state index >= 15 is 0 Å². The van der Waals surface area contributed by atoms with Crippen molar-refractivity contribution in [1.29, 1.82) is 0 Å². The van der Waals surface area contributed by atoms with Gasteiger partial charge in [-0.1, -0.05) is 39.8 Å². The molecule has 1 aromatic carbocycles. The maximum absolute atomic E-state index is 14.4. The van der Waals surface area contributed by atoms with Crippen LogP contribution in [-0.4, -0.2) is 12.2 Å². The van der Waals surface area contributed by atoms with Crippen molar-refractivity contribution >= 4 is 0 Å². The highest BCUT2D eigenvalue weighted by Gasteiger charge is 2.34. The van der Waals surface area contributed by atoms with Crippen LogP contribution >= 0.6 is 0 Å². The molecule has 108 valence electrons. The van der Waals surface area contributed by atoms with Gasteiger partial charge >= 0.3 is 0 Å². The van der Waals surface area contributed by atoms with Gasteiger partial charge in [-0.25, -0.2) is 4.39 Å². The topological polar surface area (TPSA) is 29.5 Å². The molecule has 1 rings (SSSR count). The Balaban J connectivity index is 3.24. The fraction of sp³-hybridized carbons (Fsp3) is 0.625. The molecule has 0 aliphatic rings. The van der Waals surface area contributed by atoms with Crippen LogP contribution in [-0.2, 0) is 5.60 Å². The van der Waals surface area contributed by atoms with E-state index in [1.807, 2.05) is 27.7 Å². The molecule has 0 aromatic heterocycles. The summed E-state index contributed by atoms with van der Waals surface area (Å²) in [5, 5.41) is 10.9. The van der Waals surface area contributed by atoms with E-state index in [0.29, 0.717) is 18.4 Å². The van der Waals surface area contributed by atoms with Crippen LogP contribution in [0.4, 0.5) is 4.39 Å². The summed E-state index contributed by atoms with van der Waals surface area (Å²) in [6.07, 6.45) is 1.07. The molecule has 0 atom stereocenters. The third-order valence-corrected chi connectivity index (χ3v) is 3.18. The lowest BCUT2D eigenvalue weighted by atomic mass is 9.79. The Morgan fingerprint density at radius 2 is 1.68 bits per heavy atom. The predicted octanol–water partition coefficient (Wildman–Crippen LogP) is 4.11. The third kappa shape index (κ3) is 3.93. The number of halogens is 1. The van der Waals surface area contributed by atoms with Gasteiger partial charge in [0, 0.05) is 5.56 Å². The molecule has 0 aliphatic carbocycles. The predicted molar refractivity (Wildman–Crippen MR) is 75.8 cm³/mol. The molecule has 0 spiro atoms. The van der Waals surface area contributed by atoms with Crippen molar-refractivity contribution in [3.63, 3.8) is 0 Å². The maximum Gasteiger partial charge on any atom is 0.171 e. The van der Waals surface area contributed by atoms with Gasteiger partial charge in [0.05, 0.1) is 12.7 Å². The van der Waals surface area contributed by atoms with Crippen molar-refractivity contribution in [3.05, 3.63) is 29.6 Å². The average Bonchev–Trinajstić information content (AvgIpc) is 2.26. The number of ether oxygens (including phenoxy) is 1. The zero-order chi connectivity index (χ0) is 14.6. The van der Waals surface area contributed by atoms with Crippen LogP contribution in [0.15, 0.2) is 18.2 Å². The van der Waals surface area contributed by atoms with Gasteiger partial charge in [-0.2, -0.15) is 0 Å². The highest BCUT2D eigenvalue weighted by atomic mass is 19.1. The number of rotatable bonds is 6. The van der Waals surface area contributed by atoms with Crippen LogP contribution < -0.4 is 4.74 Å². The van der Waals surface area contributed by atoms with Crippen LogP contribution in [0.25, 0.3) is 0 Å². The monoisotopic (exact) mass is 268 g/mol. The summed E-state index contributed by atoms with van der Waals surface area (Å²) >= 11 is 0. The SMILES string of the molecule is COc1cccc(C(O)(CC(C)C)CC(C)C)c1F. The van der Waals surface area contributed by atoms with E-state index in [0.717, 1.165) is 0 Å². The van der Waals surface area contributed by atoms with E-state index in [2.05, 4.69) is 0 Å². The molecule has 3 heteroatoms. The molecule has 0 bridgehead atoms. The molecule has 19 heavy (non-hydrogen) atoms. The van der Waals surface area contributed by atoms with Gasteiger partial charge in [0.15, 0.2) is 11.6 Å². The van der Waals surface area contributed by atoms with E-state index in [4.69, 9.17) is 4.74 Å². The number of hydrogen-bond donors (Lipinski definition) is 1. The van der Waals surface area contributed by atoms with Gasteiger partial charge in [0.25, 0.3) is 0 Å². The minimum Gasteiger partial charge on any atom is -0.494 e. The lowest BCUT2D eigenvalue weighted by Crippen LogP contribution is -2.31. The standard InChI is InChI=1S/C16H25FO2/c1-11(2)9-16(18,10-12(3)4)13-7-6-8-14(19-5)15(13)17/h6-8,11-12,18H,9-10H2,1-5H3. The molecule has 1 aromatic rings. The first-order valence-electron chi connectivity index (χ1n) is 6.85. The first kappa shape index (κ1) is 16.0. The Kier molecular flexibility index (Phi) is 5.36. The van der Waals surface area contributed by atoms with Crippen molar-refractivity contribution < 1.29 is 14.2 Å². The first-order valence-corrected chi connectivity index (χ1v) is 6.85. The summed E-state index contributed by atoms with van der Waals surface area (Å²) < 4.78 is 19.4. The minimum absolute atomic E-state index is 0.184. The molecule has 1 N–H and O–H groups in total. The van der Waals surface area contributed by atoms with Gasteiger partial charge in [0.2, 0.25) is 0 Å². The maximum atomic E-state index is 14.4. The zero-order valence-corrected chi connectivity index (χ0v) is 12.5. The van der Waals surface area contributed by atoms with E-state index in [1.165, 1.54) is 7.11 Å². The Hall–Kier alpha value is -1.09. The molecule has 0 heterocycles. The summed E-state index contributed by atoms with van der Waals surface area (Å²) in [4.78, 5) is 0. The molecule has 0 fully saturated rings. The molecule has 0 amide bonds. The highest BCUT2D eigenvalue weighted by Crippen LogP contribution is 2.38. The Bertz CT molecular complexity index is 403. The molecule has 0 aliphatic heterocycles. The minimum atomic E-state index is -1.14. The van der Waals surface area contributed by atoms with Gasteiger partial charge in [-0.15, -0.1) is 0 Å². The quantitative estimate of drug-likeness (QED) is 0.841. The number of benzene rings is 1. The number of methoxy groups -OCH3 is 1. The Morgan fingerprint density at radius 3 is 2.11 bits per heavy atom. The van der Waals surface area contributed by atoms with Crippen molar-refractivity contribution in [1.82, 2.24) is 0 Å². The van der Waals surface area contributed by atoms with Crippen LogP contribution in [0.2, 0.25) is 0 Å². The Morgan fingerprint density at radius 1 is 1.16 bits per heavy atom. The van der Waals surface area contributed by atoms with Crippen molar-refractivity contribution in [3.8, 4) is 5.75 Å². The average molecular weight is 268 g/mol. The lowest BCUT2D eigenvalue weighted by Gasteiger charge is -2.32. The van der Waals surface area contributed by atoms with Crippen LogP contribution in [0.3, 0.4) is 0 Å². The molecule has 2 nitrogen and oxygen atoms in total. The van der Waals surface area contributed by atoms with Gasteiger partial charge in [-0.05, 0) is 30.7 Å². The number of aliphatic hydroxyl groups is 1. The van der Waals surface area contributed by atoms with Gasteiger partial charge in [0.1, 0.15) is 0 Å². The molecular weight excluding hydrogens is 243 g/mol. The molecule has 0 unspecified atom stereocenters. The van der Waals surface area contributed by atoms with Crippen LogP contribution in [0.1, 0.15) is 46.1 Å². The van der Waals surface area contributed by atoms with E-state index in [1.54, 1.807) is 18.2 Å². The second-order valence-electron chi connectivity index (χ2n) is 6.05. The second kappa shape index (κ2) is 6.38. The summed E-state index contributed by atoms with van der Waals surface area (Å²) in [5.41, 5.74) is -0.796. The van der Waals surface area contributed by atoms with E-state index in [-0.39, 0.29) is 17.6 Å². The van der Waals surface area contributed by atoms with Crippen molar-refractivity contribution in [2.24, 2.45) is 11.8 Å². The summed E-state index contributed by atoms with van der Waals surface area (Å²) in [6.45, 7) is 8.12. The highest BCUT2D eigenvalue weighted by molar-refractivity contribution is 5.34. The number of hydrogen-bond acceptors (Lipinski definition) is 2. The van der Waals surface area contributed by atoms with Crippen molar-refractivity contribution in [2.45, 2.75) is 46.1 Å².